The Morgan fingerprint density at radius 1 is 1.40 bits per heavy atom. The Balaban J connectivity index is 2.18. The number of hydrogen-bond acceptors (Lipinski definition) is 1. The third-order valence-corrected chi connectivity index (χ3v) is 4.15. The second-order valence-electron chi connectivity index (χ2n) is 5.14. The summed E-state index contributed by atoms with van der Waals surface area (Å²) >= 11 is 0. The number of rotatable bonds is 1. The van der Waals surface area contributed by atoms with Gasteiger partial charge in [0.25, 0.3) is 0 Å². The average molecular weight is 205 g/mol. The molecule has 0 aromatic carbocycles. The third-order valence-electron chi connectivity index (χ3n) is 4.15. The van der Waals surface area contributed by atoms with E-state index >= 15 is 0 Å². The van der Waals surface area contributed by atoms with Gasteiger partial charge in [0.2, 0.25) is 5.91 Å². The lowest BCUT2D eigenvalue weighted by Crippen LogP contribution is -2.49. The second kappa shape index (κ2) is 3.89. The van der Waals surface area contributed by atoms with Gasteiger partial charge in [-0.25, -0.2) is 0 Å². The SMILES string of the molecule is C#CCN1CC(C)C2CCC(C)C2C1=O. The van der Waals surface area contributed by atoms with Crippen LogP contribution in [0.25, 0.3) is 0 Å². The van der Waals surface area contributed by atoms with Crippen molar-refractivity contribution < 1.29 is 4.79 Å². The zero-order valence-electron chi connectivity index (χ0n) is 9.57. The van der Waals surface area contributed by atoms with Crippen molar-refractivity contribution in [1.29, 1.82) is 0 Å². The summed E-state index contributed by atoms with van der Waals surface area (Å²) in [5.74, 6) is 4.92. The number of likely N-dealkylation sites (tertiary alicyclic amines) is 1. The largest absolute Gasteiger partial charge is 0.331 e. The highest BCUT2D eigenvalue weighted by Crippen LogP contribution is 2.44. The van der Waals surface area contributed by atoms with Gasteiger partial charge in [-0.3, -0.25) is 4.79 Å². The minimum absolute atomic E-state index is 0.252. The topological polar surface area (TPSA) is 20.3 Å². The number of carbonyl (C=O) groups excluding carboxylic acids is 1. The predicted molar refractivity (Wildman–Crippen MR) is 60.0 cm³/mol. The Bertz CT molecular complexity index is 304. The molecule has 0 aromatic heterocycles. The smallest absolute Gasteiger partial charge is 0.227 e. The van der Waals surface area contributed by atoms with Gasteiger partial charge in [-0.2, -0.15) is 0 Å². The van der Waals surface area contributed by atoms with E-state index in [0.717, 1.165) is 6.54 Å². The Kier molecular flexibility index (Phi) is 2.73. The molecule has 0 spiro atoms. The van der Waals surface area contributed by atoms with Crippen LogP contribution in [0.1, 0.15) is 26.7 Å². The van der Waals surface area contributed by atoms with Crippen LogP contribution in [-0.4, -0.2) is 23.9 Å². The van der Waals surface area contributed by atoms with E-state index in [1.165, 1.54) is 12.8 Å². The maximum atomic E-state index is 12.2. The molecule has 1 amide bonds. The van der Waals surface area contributed by atoms with Crippen LogP contribution in [0.4, 0.5) is 0 Å². The molecule has 1 aliphatic heterocycles. The predicted octanol–water partition coefficient (Wildman–Crippen LogP) is 1.76. The van der Waals surface area contributed by atoms with Crippen LogP contribution in [0.15, 0.2) is 0 Å². The highest BCUT2D eigenvalue weighted by Gasteiger charge is 2.46. The van der Waals surface area contributed by atoms with Crippen molar-refractivity contribution in [2.24, 2.45) is 23.7 Å². The highest BCUT2D eigenvalue weighted by molar-refractivity contribution is 5.81. The molecule has 2 aliphatic rings. The van der Waals surface area contributed by atoms with Crippen molar-refractivity contribution >= 4 is 5.91 Å². The average Bonchev–Trinajstić information content (AvgIpc) is 2.57. The summed E-state index contributed by atoms with van der Waals surface area (Å²) < 4.78 is 0. The number of nitrogens with zero attached hydrogens (tertiary/aromatic N) is 1. The molecule has 2 nitrogen and oxygen atoms in total. The van der Waals surface area contributed by atoms with Crippen molar-refractivity contribution in [3.63, 3.8) is 0 Å². The zero-order valence-corrected chi connectivity index (χ0v) is 9.57. The molecule has 2 rings (SSSR count). The molecule has 1 saturated heterocycles. The molecule has 1 heterocycles. The summed E-state index contributed by atoms with van der Waals surface area (Å²) in [5, 5.41) is 0. The van der Waals surface area contributed by atoms with Crippen LogP contribution in [0, 0.1) is 36.0 Å². The molecule has 2 heteroatoms. The molecule has 2 fully saturated rings. The number of carbonyl (C=O) groups is 1. The van der Waals surface area contributed by atoms with E-state index in [1.807, 2.05) is 4.90 Å². The molecular formula is C13H19NO. The van der Waals surface area contributed by atoms with Gasteiger partial charge in [0, 0.05) is 12.5 Å². The van der Waals surface area contributed by atoms with Crippen molar-refractivity contribution in [2.45, 2.75) is 26.7 Å². The Morgan fingerprint density at radius 2 is 2.13 bits per heavy atom. The fourth-order valence-electron chi connectivity index (χ4n) is 3.34. The Hall–Kier alpha value is -0.970. The fourth-order valence-corrected chi connectivity index (χ4v) is 3.34. The maximum absolute atomic E-state index is 12.2. The molecule has 1 saturated carbocycles. The minimum Gasteiger partial charge on any atom is -0.331 e. The van der Waals surface area contributed by atoms with E-state index in [0.29, 0.717) is 30.2 Å². The van der Waals surface area contributed by atoms with Gasteiger partial charge in [-0.05, 0) is 30.6 Å². The lowest BCUT2D eigenvalue weighted by molar-refractivity contribution is -0.143. The summed E-state index contributed by atoms with van der Waals surface area (Å²) in [6, 6.07) is 0. The molecule has 4 unspecified atom stereocenters. The van der Waals surface area contributed by atoms with Crippen molar-refractivity contribution in [3.05, 3.63) is 0 Å². The number of piperidine rings is 1. The van der Waals surface area contributed by atoms with Crippen LogP contribution in [-0.2, 0) is 4.79 Å². The summed E-state index contributed by atoms with van der Waals surface area (Å²) in [5.41, 5.74) is 0. The maximum Gasteiger partial charge on any atom is 0.227 e. The van der Waals surface area contributed by atoms with Crippen LogP contribution in [0.5, 0.6) is 0 Å². The van der Waals surface area contributed by atoms with Crippen LogP contribution < -0.4 is 0 Å². The highest BCUT2D eigenvalue weighted by atomic mass is 16.2. The van der Waals surface area contributed by atoms with Crippen molar-refractivity contribution in [2.75, 3.05) is 13.1 Å². The minimum atomic E-state index is 0.252. The van der Waals surface area contributed by atoms with Gasteiger partial charge in [0.05, 0.1) is 6.54 Å². The molecule has 0 N–H and O–H groups in total. The molecular weight excluding hydrogens is 186 g/mol. The number of terminal acetylenes is 1. The summed E-state index contributed by atoms with van der Waals surface area (Å²) in [7, 11) is 0. The van der Waals surface area contributed by atoms with E-state index < -0.39 is 0 Å². The summed E-state index contributed by atoms with van der Waals surface area (Å²) in [4.78, 5) is 14.1. The lowest BCUT2D eigenvalue weighted by Gasteiger charge is -2.39. The van der Waals surface area contributed by atoms with Gasteiger partial charge >= 0.3 is 0 Å². The normalized spacial score (nSPS) is 40.1. The van der Waals surface area contributed by atoms with Gasteiger partial charge in [-0.1, -0.05) is 19.8 Å². The van der Waals surface area contributed by atoms with Gasteiger partial charge < -0.3 is 4.90 Å². The number of amides is 1. The van der Waals surface area contributed by atoms with E-state index in [1.54, 1.807) is 0 Å². The molecule has 4 atom stereocenters. The molecule has 1 aliphatic carbocycles. The third kappa shape index (κ3) is 1.65. The van der Waals surface area contributed by atoms with Gasteiger partial charge in [0.15, 0.2) is 0 Å². The molecule has 82 valence electrons. The van der Waals surface area contributed by atoms with Crippen molar-refractivity contribution in [3.8, 4) is 12.3 Å². The van der Waals surface area contributed by atoms with E-state index in [4.69, 9.17) is 6.42 Å². The first-order chi connectivity index (χ1) is 7.15. The fraction of sp³-hybridized carbons (Fsp3) is 0.769. The first-order valence-electron chi connectivity index (χ1n) is 5.87. The number of hydrogen-bond donors (Lipinski definition) is 0. The zero-order chi connectivity index (χ0) is 11.0. The molecule has 0 aromatic rings. The first kappa shape index (κ1) is 10.5. The lowest BCUT2D eigenvalue weighted by atomic mass is 9.78. The second-order valence-corrected chi connectivity index (χ2v) is 5.14. The van der Waals surface area contributed by atoms with Crippen molar-refractivity contribution in [1.82, 2.24) is 4.90 Å². The first-order valence-corrected chi connectivity index (χ1v) is 5.87. The van der Waals surface area contributed by atoms with Gasteiger partial charge in [-0.15, -0.1) is 6.42 Å². The van der Waals surface area contributed by atoms with Crippen LogP contribution >= 0.6 is 0 Å². The number of fused-ring (bicyclic) bond motifs is 1. The van der Waals surface area contributed by atoms with Crippen LogP contribution in [0.3, 0.4) is 0 Å². The monoisotopic (exact) mass is 205 g/mol. The molecule has 15 heavy (non-hydrogen) atoms. The summed E-state index contributed by atoms with van der Waals surface area (Å²) in [6.07, 6.45) is 7.72. The Morgan fingerprint density at radius 3 is 2.80 bits per heavy atom. The molecule has 0 radical (unpaired) electrons. The Labute approximate surface area is 92.0 Å². The standard InChI is InChI=1S/C13H19NO/c1-4-7-14-8-10(3)11-6-5-9(2)12(11)13(14)15/h1,9-12H,5-8H2,2-3H3. The van der Waals surface area contributed by atoms with Gasteiger partial charge in [0.1, 0.15) is 0 Å². The van der Waals surface area contributed by atoms with E-state index in [2.05, 4.69) is 19.8 Å². The summed E-state index contributed by atoms with van der Waals surface area (Å²) in [6.45, 7) is 5.80. The quantitative estimate of drug-likeness (QED) is 0.597. The van der Waals surface area contributed by atoms with Crippen LogP contribution in [0.2, 0.25) is 0 Å². The van der Waals surface area contributed by atoms with E-state index in [-0.39, 0.29) is 5.92 Å². The van der Waals surface area contributed by atoms with E-state index in [9.17, 15) is 4.79 Å². The molecule has 0 bridgehead atoms.